The molecule has 3 rings (SSSR count). The number of aryl methyl sites for hydroxylation is 2. The van der Waals surface area contributed by atoms with Crippen LogP contribution in [0.1, 0.15) is 41.9 Å². The summed E-state index contributed by atoms with van der Waals surface area (Å²) in [5, 5.41) is 8.52. The second-order valence-corrected chi connectivity index (χ2v) is 10.2. The summed E-state index contributed by atoms with van der Waals surface area (Å²) in [6.07, 6.45) is 2.63. The number of anilines is 1. The lowest BCUT2D eigenvalue weighted by Gasteiger charge is -2.16. The first-order valence-electron chi connectivity index (χ1n) is 10.9. The summed E-state index contributed by atoms with van der Waals surface area (Å²) in [5.74, 6) is -1.15. The molecule has 3 aromatic rings. The smallest absolute Gasteiger partial charge is 0.356 e. The van der Waals surface area contributed by atoms with Crippen LogP contribution in [-0.4, -0.2) is 52.1 Å². The molecule has 0 spiro atoms. The van der Waals surface area contributed by atoms with Crippen LogP contribution in [0.15, 0.2) is 41.7 Å². The molecular formula is C23H28N6O5S. The molecule has 0 fully saturated rings. The molecule has 35 heavy (non-hydrogen) atoms. The van der Waals surface area contributed by atoms with E-state index in [0.717, 1.165) is 35.5 Å². The molecule has 1 aromatic carbocycles. The van der Waals surface area contributed by atoms with Crippen molar-refractivity contribution < 1.29 is 23.1 Å². The Bertz CT molecular complexity index is 1310. The van der Waals surface area contributed by atoms with E-state index in [1.807, 2.05) is 32.0 Å². The van der Waals surface area contributed by atoms with Gasteiger partial charge in [0, 0.05) is 17.7 Å². The molecule has 0 amide bonds. The van der Waals surface area contributed by atoms with E-state index in [0.29, 0.717) is 11.6 Å². The maximum Gasteiger partial charge on any atom is 0.356 e. The minimum absolute atomic E-state index is 0.139. The molecule has 0 unspecified atom stereocenters. The highest BCUT2D eigenvalue weighted by Gasteiger charge is 2.22. The zero-order valence-corrected chi connectivity index (χ0v) is 20.7. The maximum absolute atomic E-state index is 12.9. The molecule has 4 N–H and O–H groups in total. The van der Waals surface area contributed by atoms with Gasteiger partial charge in [-0.1, -0.05) is 32.0 Å². The number of benzene rings is 1. The fraction of sp³-hybridized carbons (Fsp3) is 0.348. The minimum Gasteiger partial charge on any atom is -0.476 e. The Kier molecular flexibility index (Phi) is 7.97. The third-order valence-corrected chi connectivity index (χ3v) is 6.19. The Hall–Kier alpha value is -3.64. The van der Waals surface area contributed by atoms with Gasteiger partial charge < -0.3 is 15.6 Å². The molecule has 0 saturated carbocycles. The average molecular weight is 501 g/mol. The average Bonchev–Trinajstić information content (AvgIpc) is 2.77. The van der Waals surface area contributed by atoms with E-state index in [2.05, 4.69) is 38.5 Å². The van der Waals surface area contributed by atoms with Gasteiger partial charge in [-0.15, -0.1) is 0 Å². The van der Waals surface area contributed by atoms with Crippen molar-refractivity contribution in [2.24, 2.45) is 11.7 Å². The number of rotatable bonds is 10. The van der Waals surface area contributed by atoms with Crippen LogP contribution < -0.4 is 15.2 Å². The summed E-state index contributed by atoms with van der Waals surface area (Å²) in [5.41, 5.74) is 8.73. The molecule has 2 aromatic heterocycles. The summed E-state index contributed by atoms with van der Waals surface area (Å²) in [7, 11) is -4.34. The molecule has 186 valence electrons. The van der Waals surface area contributed by atoms with E-state index in [-0.39, 0.29) is 24.5 Å². The zero-order chi connectivity index (χ0) is 25.8. The number of ether oxygens (including phenoxy) is 1. The highest BCUT2D eigenvalue weighted by atomic mass is 32.2. The molecule has 0 aliphatic carbocycles. The fourth-order valence-corrected chi connectivity index (χ4v) is 4.36. The van der Waals surface area contributed by atoms with Crippen LogP contribution in [0.2, 0.25) is 0 Å². The largest absolute Gasteiger partial charge is 0.476 e. The number of nitrogens with two attached hydrogens (primary N) is 1. The van der Waals surface area contributed by atoms with Crippen molar-refractivity contribution in [2.45, 2.75) is 45.2 Å². The Morgan fingerprint density at radius 1 is 1.14 bits per heavy atom. The van der Waals surface area contributed by atoms with Gasteiger partial charge in [0.15, 0.2) is 10.7 Å². The third kappa shape index (κ3) is 6.70. The van der Waals surface area contributed by atoms with Crippen molar-refractivity contribution in [3.05, 3.63) is 53.5 Å². The van der Waals surface area contributed by atoms with Gasteiger partial charge in [-0.3, -0.25) is 4.98 Å². The fourth-order valence-electron chi connectivity index (χ4n) is 3.51. The van der Waals surface area contributed by atoms with Crippen molar-refractivity contribution >= 4 is 21.9 Å². The van der Waals surface area contributed by atoms with E-state index in [1.54, 1.807) is 6.07 Å². The minimum atomic E-state index is -4.34. The number of carboxylic acid groups (broad SMARTS) is 1. The van der Waals surface area contributed by atoms with E-state index < -0.39 is 26.7 Å². The predicted octanol–water partition coefficient (Wildman–Crippen LogP) is 2.80. The molecule has 12 heteroatoms. The second-order valence-electron chi connectivity index (χ2n) is 8.54. The summed E-state index contributed by atoms with van der Waals surface area (Å²) in [6, 6.07) is 7.14. The molecule has 11 nitrogen and oxygen atoms in total. The van der Waals surface area contributed by atoms with Crippen molar-refractivity contribution in [1.82, 2.24) is 19.9 Å². The summed E-state index contributed by atoms with van der Waals surface area (Å²) < 4.78 is 33.9. The Labute approximate surface area is 203 Å². The molecule has 0 bridgehead atoms. The maximum atomic E-state index is 12.9. The van der Waals surface area contributed by atoms with Gasteiger partial charge in [0.1, 0.15) is 6.61 Å². The number of aromatic nitrogens is 4. The number of sulfonamides is 1. The normalized spacial score (nSPS) is 12.4. The SMILES string of the molecule is Cc1cccc(C)c1-c1cc(OC[C@H](N)CC(C)C)nc(NS(=O)(=O)c2cncc(C(=O)O)n2)n1. The number of nitrogens with zero attached hydrogens (tertiary/aromatic N) is 4. The van der Waals surface area contributed by atoms with Crippen LogP contribution in [0.5, 0.6) is 5.88 Å². The van der Waals surface area contributed by atoms with Crippen LogP contribution in [-0.2, 0) is 10.0 Å². The van der Waals surface area contributed by atoms with Crippen LogP contribution >= 0.6 is 0 Å². The van der Waals surface area contributed by atoms with Gasteiger partial charge in [-0.2, -0.15) is 13.4 Å². The standard InChI is InChI=1S/C23H28N6O5S/c1-13(2)8-16(24)12-34-19-9-17(21-14(3)6-5-7-15(21)4)27-23(28-19)29-35(32,33)20-11-25-10-18(26-20)22(30)31/h5-7,9-11,13,16H,8,12,24H2,1-4H3,(H,30,31)(H,27,28,29)/t16-/m1/s1. The van der Waals surface area contributed by atoms with Gasteiger partial charge in [0.2, 0.25) is 11.8 Å². The topological polar surface area (TPSA) is 170 Å². The summed E-state index contributed by atoms with van der Waals surface area (Å²) >= 11 is 0. The van der Waals surface area contributed by atoms with E-state index in [1.165, 1.54) is 0 Å². The van der Waals surface area contributed by atoms with E-state index >= 15 is 0 Å². The number of hydrogen-bond donors (Lipinski definition) is 3. The second kappa shape index (κ2) is 10.7. The van der Waals surface area contributed by atoms with Crippen LogP contribution in [0.4, 0.5) is 5.95 Å². The first-order valence-corrected chi connectivity index (χ1v) is 12.4. The van der Waals surface area contributed by atoms with Crippen molar-refractivity contribution in [2.75, 3.05) is 11.3 Å². The third-order valence-electron chi connectivity index (χ3n) is 4.99. The number of nitrogens with one attached hydrogen (secondary N) is 1. The van der Waals surface area contributed by atoms with Crippen LogP contribution in [0, 0.1) is 19.8 Å². The Balaban J connectivity index is 2.01. The summed E-state index contributed by atoms with van der Waals surface area (Å²) in [6.45, 7) is 8.12. The van der Waals surface area contributed by atoms with Gasteiger partial charge in [0.05, 0.1) is 18.1 Å². The molecule has 0 aliphatic rings. The monoisotopic (exact) mass is 500 g/mol. The van der Waals surface area contributed by atoms with Crippen molar-refractivity contribution in [1.29, 1.82) is 0 Å². The van der Waals surface area contributed by atoms with Crippen LogP contribution in [0.3, 0.4) is 0 Å². The highest BCUT2D eigenvalue weighted by Crippen LogP contribution is 2.29. The first kappa shape index (κ1) is 26.0. The number of hydrogen-bond acceptors (Lipinski definition) is 9. The molecule has 0 aliphatic heterocycles. The lowest BCUT2D eigenvalue weighted by Crippen LogP contribution is -2.29. The number of carboxylic acids is 1. The van der Waals surface area contributed by atoms with Crippen molar-refractivity contribution in [3.63, 3.8) is 0 Å². The Morgan fingerprint density at radius 2 is 1.83 bits per heavy atom. The van der Waals surface area contributed by atoms with Crippen molar-refractivity contribution in [3.8, 4) is 17.1 Å². The van der Waals surface area contributed by atoms with Gasteiger partial charge in [-0.05, 0) is 37.3 Å². The zero-order valence-electron chi connectivity index (χ0n) is 19.9. The quantitative estimate of drug-likeness (QED) is 0.376. The number of carbonyl (C=O) groups is 1. The summed E-state index contributed by atoms with van der Waals surface area (Å²) in [4.78, 5) is 27.1. The lowest BCUT2D eigenvalue weighted by atomic mass is 10.00. The van der Waals surface area contributed by atoms with E-state index in [9.17, 15) is 13.2 Å². The van der Waals surface area contributed by atoms with E-state index in [4.69, 9.17) is 15.6 Å². The molecule has 0 saturated heterocycles. The molecule has 0 radical (unpaired) electrons. The van der Waals surface area contributed by atoms with Crippen LogP contribution in [0.25, 0.3) is 11.3 Å². The number of aromatic carboxylic acids is 1. The van der Waals surface area contributed by atoms with Gasteiger partial charge >= 0.3 is 5.97 Å². The predicted molar refractivity (Wildman–Crippen MR) is 130 cm³/mol. The first-order chi connectivity index (χ1) is 16.5. The highest BCUT2D eigenvalue weighted by molar-refractivity contribution is 7.92. The molecular weight excluding hydrogens is 472 g/mol. The van der Waals surface area contributed by atoms with Gasteiger partial charge in [-0.25, -0.2) is 19.5 Å². The lowest BCUT2D eigenvalue weighted by molar-refractivity contribution is 0.0689. The molecule has 1 atom stereocenters. The molecule has 2 heterocycles. The Morgan fingerprint density at radius 3 is 2.46 bits per heavy atom. The van der Waals surface area contributed by atoms with Gasteiger partial charge in [0.25, 0.3) is 10.0 Å².